The number of rotatable bonds is 2. The van der Waals surface area contributed by atoms with Crippen LogP contribution in [0.2, 0.25) is 0 Å². The minimum Gasteiger partial charge on any atom is -0.290 e. The lowest BCUT2D eigenvalue weighted by atomic mass is 10.2. The minimum absolute atomic E-state index is 0.221. The monoisotopic (exact) mass is 322 g/mol. The molecule has 120 valence electrons. The molecule has 0 atom stereocenters. The van der Waals surface area contributed by atoms with E-state index in [1.54, 1.807) is 6.92 Å². The third-order valence-corrected chi connectivity index (χ3v) is 3.98. The Hall–Kier alpha value is -3.42. The smallest absolute Gasteiger partial charge is 0.280 e. The van der Waals surface area contributed by atoms with E-state index in [0.29, 0.717) is 22.3 Å². The summed E-state index contributed by atoms with van der Waals surface area (Å²) in [6.07, 6.45) is 1.31. The van der Waals surface area contributed by atoms with E-state index in [4.69, 9.17) is 0 Å². The topological polar surface area (TPSA) is 101 Å². The Labute approximate surface area is 135 Å². The van der Waals surface area contributed by atoms with E-state index in [-0.39, 0.29) is 17.1 Å². The van der Waals surface area contributed by atoms with Crippen LogP contribution in [-0.2, 0) is 0 Å². The van der Waals surface area contributed by atoms with E-state index in [1.807, 2.05) is 31.2 Å². The maximum absolute atomic E-state index is 12.9. The van der Waals surface area contributed by atoms with Crippen LogP contribution in [0.5, 0.6) is 0 Å². The molecule has 0 spiro atoms. The van der Waals surface area contributed by atoms with Gasteiger partial charge < -0.3 is 0 Å². The summed E-state index contributed by atoms with van der Waals surface area (Å²) in [6.45, 7) is 3.66. The van der Waals surface area contributed by atoms with Gasteiger partial charge in [0.2, 0.25) is 5.95 Å². The summed E-state index contributed by atoms with van der Waals surface area (Å²) in [5, 5.41) is 9.85. The summed E-state index contributed by atoms with van der Waals surface area (Å²) in [4.78, 5) is 29.3. The molecule has 0 aliphatic carbocycles. The lowest BCUT2D eigenvalue weighted by Gasteiger charge is -2.05. The Kier molecular flexibility index (Phi) is 2.99. The highest BCUT2D eigenvalue weighted by atomic mass is 16.1. The van der Waals surface area contributed by atoms with Crippen LogP contribution in [0, 0.1) is 13.8 Å². The number of hydrogen-bond donors (Lipinski definition) is 2. The van der Waals surface area contributed by atoms with Crippen LogP contribution in [0.3, 0.4) is 0 Å². The fraction of sp³-hybridized carbons (Fsp3) is 0.125. The summed E-state index contributed by atoms with van der Waals surface area (Å²) in [7, 11) is 0. The van der Waals surface area contributed by atoms with Gasteiger partial charge in [0.15, 0.2) is 0 Å². The van der Waals surface area contributed by atoms with Crippen molar-refractivity contribution in [3.8, 4) is 11.6 Å². The molecule has 0 aliphatic rings. The number of aryl methyl sites for hydroxylation is 2. The van der Waals surface area contributed by atoms with Gasteiger partial charge in [-0.1, -0.05) is 12.1 Å². The second-order valence-corrected chi connectivity index (χ2v) is 5.59. The maximum Gasteiger partial charge on any atom is 0.280 e. The van der Waals surface area contributed by atoms with Gasteiger partial charge in [-0.05, 0) is 31.5 Å². The van der Waals surface area contributed by atoms with E-state index in [0.717, 1.165) is 5.56 Å². The molecule has 24 heavy (non-hydrogen) atoms. The summed E-state index contributed by atoms with van der Waals surface area (Å²) in [5.41, 5.74) is 2.22. The van der Waals surface area contributed by atoms with Gasteiger partial charge in [-0.3, -0.25) is 14.7 Å². The van der Waals surface area contributed by atoms with Crippen molar-refractivity contribution in [3.63, 3.8) is 0 Å². The molecule has 3 aromatic heterocycles. The highest BCUT2D eigenvalue weighted by molar-refractivity contribution is 5.81. The molecule has 0 saturated heterocycles. The van der Waals surface area contributed by atoms with Gasteiger partial charge in [0.25, 0.3) is 11.1 Å². The van der Waals surface area contributed by atoms with Gasteiger partial charge in [-0.25, -0.2) is 14.3 Å². The van der Waals surface area contributed by atoms with Crippen LogP contribution < -0.4 is 11.1 Å². The average Bonchev–Trinajstić information content (AvgIpc) is 3.16. The predicted molar refractivity (Wildman–Crippen MR) is 88.9 cm³/mol. The molecule has 0 aliphatic heterocycles. The van der Waals surface area contributed by atoms with E-state index in [2.05, 4.69) is 20.3 Å². The maximum atomic E-state index is 12.9. The fourth-order valence-corrected chi connectivity index (χ4v) is 2.89. The Morgan fingerprint density at radius 3 is 2.67 bits per heavy atom. The molecule has 0 bridgehead atoms. The highest BCUT2D eigenvalue weighted by Crippen LogP contribution is 2.15. The Bertz CT molecular complexity index is 1160. The van der Waals surface area contributed by atoms with Crippen molar-refractivity contribution in [1.82, 2.24) is 29.5 Å². The van der Waals surface area contributed by atoms with E-state index < -0.39 is 0 Å². The Morgan fingerprint density at radius 2 is 1.96 bits per heavy atom. The second-order valence-electron chi connectivity index (χ2n) is 5.59. The van der Waals surface area contributed by atoms with Gasteiger partial charge in [0.05, 0.1) is 16.6 Å². The molecule has 8 nitrogen and oxygen atoms in total. The molecule has 4 aromatic rings. The fourth-order valence-electron chi connectivity index (χ4n) is 2.89. The minimum atomic E-state index is -0.297. The van der Waals surface area contributed by atoms with Gasteiger partial charge in [0.1, 0.15) is 6.33 Å². The van der Waals surface area contributed by atoms with Crippen LogP contribution in [0.25, 0.3) is 22.5 Å². The van der Waals surface area contributed by atoms with Crippen LogP contribution in [0.15, 0.2) is 46.2 Å². The first-order valence-electron chi connectivity index (χ1n) is 7.36. The lowest BCUT2D eigenvalue weighted by molar-refractivity contribution is 0.862. The molecule has 0 fully saturated rings. The first-order chi connectivity index (χ1) is 11.6. The molecule has 1 aromatic carbocycles. The average molecular weight is 322 g/mol. The van der Waals surface area contributed by atoms with Crippen molar-refractivity contribution < 1.29 is 0 Å². The molecule has 0 amide bonds. The van der Waals surface area contributed by atoms with Gasteiger partial charge in [-0.15, -0.1) is 0 Å². The van der Waals surface area contributed by atoms with Crippen molar-refractivity contribution in [1.29, 1.82) is 0 Å². The van der Waals surface area contributed by atoms with Crippen LogP contribution >= 0.6 is 0 Å². The van der Waals surface area contributed by atoms with E-state index >= 15 is 0 Å². The standard InChI is InChI=1S/C16H14N6O2/c1-9-4-3-5-11(6-9)22-15(24)14-10(2)21(16-17-8-18-19-16)13(23)7-12(14)20-22/h3-8,20H,1-2H3,(H,17,18,19). The molecular formula is C16H14N6O2. The van der Waals surface area contributed by atoms with Gasteiger partial charge >= 0.3 is 0 Å². The molecule has 2 N–H and O–H groups in total. The van der Waals surface area contributed by atoms with E-state index in [1.165, 1.54) is 21.6 Å². The van der Waals surface area contributed by atoms with Crippen molar-refractivity contribution in [3.05, 3.63) is 68.6 Å². The van der Waals surface area contributed by atoms with Crippen molar-refractivity contribution in [2.45, 2.75) is 13.8 Å². The third-order valence-electron chi connectivity index (χ3n) is 3.98. The van der Waals surface area contributed by atoms with Crippen LogP contribution in [0.4, 0.5) is 0 Å². The number of benzene rings is 1. The first-order valence-corrected chi connectivity index (χ1v) is 7.36. The number of nitrogens with zero attached hydrogens (tertiary/aromatic N) is 4. The number of aromatic nitrogens is 6. The number of H-pyrrole nitrogens is 2. The molecule has 0 unspecified atom stereocenters. The summed E-state index contributed by atoms with van der Waals surface area (Å²) in [6, 6.07) is 8.95. The quantitative estimate of drug-likeness (QED) is 0.579. The Morgan fingerprint density at radius 1 is 1.12 bits per heavy atom. The predicted octanol–water partition coefficient (Wildman–Crippen LogP) is 1.20. The first kappa shape index (κ1) is 14.2. The molecule has 4 rings (SSSR count). The van der Waals surface area contributed by atoms with Crippen LogP contribution in [-0.4, -0.2) is 29.5 Å². The molecule has 8 heteroatoms. The van der Waals surface area contributed by atoms with Crippen molar-refractivity contribution in [2.75, 3.05) is 0 Å². The largest absolute Gasteiger partial charge is 0.290 e. The summed E-state index contributed by atoms with van der Waals surface area (Å²) >= 11 is 0. The number of pyridine rings is 1. The Balaban J connectivity index is 2.06. The van der Waals surface area contributed by atoms with Gasteiger partial charge in [-0.2, -0.15) is 10.1 Å². The molecular weight excluding hydrogens is 308 g/mol. The van der Waals surface area contributed by atoms with Crippen LogP contribution in [0.1, 0.15) is 11.3 Å². The normalized spacial score (nSPS) is 11.2. The van der Waals surface area contributed by atoms with Crippen molar-refractivity contribution in [2.24, 2.45) is 0 Å². The molecule has 0 radical (unpaired) electrons. The summed E-state index contributed by atoms with van der Waals surface area (Å²) < 4.78 is 2.78. The highest BCUT2D eigenvalue weighted by Gasteiger charge is 2.17. The van der Waals surface area contributed by atoms with Gasteiger partial charge in [0, 0.05) is 11.8 Å². The number of hydrogen-bond acceptors (Lipinski definition) is 4. The third kappa shape index (κ3) is 2.00. The second kappa shape index (κ2) is 5.05. The number of nitrogens with one attached hydrogen (secondary N) is 2. The zero-order chi connectivity index (χ0) is 16.8. The zero-order valence-corrected chi connectivity index (χ0v) is 13.1. The molecule has 3 heterocycles. The number of aromatic amines is 2. The van der Waals surface area contributed by atoms with Crippen molar-refractivity contribution >= 4 is 10.9 Å². The van der Waals surface area contributed by atoms with E-state index in [9.17, 15) is 9.59 Å². The number of fused-ring (bicyclic) bond motifs is 1. The molecule has 0 saturated carbocycles. The summed E-state index contributed by atoms with van der Waals surface area (Å²) in [5.74, 6) is 0.280. The SMILES string of the molecule is Cc1cccc(-n2[nH]c3cc(=O)n(-c4ncn[nH]4)c(C)c3c2=O)c1. The lowest BCUT2D eigenvalue weighted by Crippen LogP contribution is -2.22. The zero-order valence-electron chi connectivity index (χ0n) is 13.1.